The summed E-state index contributed by atoms with van der Waals surface area (Å²) in [7, 11) is 0. The molecule has 12 unspecified atom stereocenters. The van der Waals surface area contributed by atoms with E-state index < -0.39 is 86.8 Å². The molecule has 2 aliphatic heterocycles. The highest BCUT2D eigenvalue weighted by atomic mass is 16.7. The maximum absolute atomic E-state index is 13.4. The second-order valence-corrected chi connectivity index (χ2v) is 31.7. The Bertz CT molecular complexity index is 2000. The van der Waals surface area contributed by atoms with Gasteiger partial charge in [0.25, 0.3) is 0 Å². The predicted octanol–water partition coefficient (Wildman–Crippen LogP) is 21.9. The van der Waals surface area contributed by atoms with Crippen LogP contribution < -0.4 is 5.32 Å². The highest BCUT2D eigenvalue weighted by Crippen LogP contribution is 2.31. The van der Waals surface area contributed by atoms with Crippen molar-refractivity contribution in [2.24, 2.45) is 0 Å². The Morgan fingerprint density at radius 3 is 0.990 bits per heavy atom. The van der Waals surface area contributed by atoms with Crippen LogP contribution in [0.3, 0.4) is 0 Å². The lowest BCUT2D eigenvalue weighted by Crippen LogP contribution is -2.65. The number of aliphatic hydroxyl groups excluding tert-OH is 8. The van der Waals surface area contributed by atoms with Crippen molar-refractivity contribution in [3.8, 4) is 0 Å². The van der Waals surface area contributed by atoms with Crippen molar-refractivity contribution in [3.63, 3.8) is 0 Å². The first-order chi connectivity index (χ1) is 51.6. The third-order valence-corrected chi connectivity index (χ3v) is 21.9. The van der Waals surface area contributed by atoms with Gasteiger partial charge in [-0.05, 0) is 77.0 Å². The van der Waals surface area contributed by atoms with E-state index >= 15 is 0 Å². The van der Waals surface area contributed by atoms with E-state index in [2.05, 4.69) is 67.8 Å². The highest BCUT2D eigenvalue weighted by molar-refractivity contribution is 5.76. The second kappa shape index (κ2) is 74.4. The van der Waals surface area contributed by atoms with E-state index in [0.29, 0.717) is 12.8 Å². The van der Waals surface area contributed by atoms with Gasteiger partial charge in [-0.3, -0.25) is 4.79 Å². The van der Waals surface area contributed by atoms with E-state index in [1.807, 2.05) is 6.08 Å². The number of allylic oxidation sites excluding steroid dienone is 9. The summed E-state index contributed by atoms with van der Waals surface area (Å²) in [5.41, 5.74) is 0. The average Bonchev–Trinajstić information content (AvgIpc) is 0.789. The van der Waals surface area contributed by atoms with Gasteiger partial charge in [0, 0.05) is 6.42 Å². The van der Waals surface area contributed by atoms with Crippen LogP contribution in [0.1, 0.15) is 418 Å². The number of aliphatic hydroxyl groups is 8. The zero-order valence-corrected chi connectivity index (χ0v) is 68.0. The lowest BCUT2D eigenvalue weighted by Gasteiger charge is -2.46. The SMILES string of the molecule is CCCCCCC/C=C\C/C=C\CCCCCCCCCCCCCCCCCCCCCCCCCCCCCC(=O)NC(COC1OC(CO)C(OC2OC(CO)C(O)C(O)C2O)C(O)C1O)C(O)/C=C/CC/C=C/CC/C=C/CCCCCCCCCCCCCCCCCCCCCCCC. The van der Waals surface area contributed by atoms with E-state index in [1.54, 1.807) is 6.08 Å². The van der Waals surface area contributed by atoms with Crippen LogP contribution in [0.5, 0.6) is 0 Å². The zero-order valence-electron chi connectivity index (χ0n) is 68.0. The van der Waals surface area contributed by atoms with Crippen LogP contribution in [0.15, 0.2) is 60.8 Å². The number of unbranched alkanes of at least 4 members (excludes halogenated alkanes) is 56. The van der Waals surface area contributed by atoms with Gasteiger partial charge in [0.05, 0.1) is 32.0 Å². The van der Waals surface area contributed by atoms with Crippen molar-refractivity contribution in [3.05, 3.63) is 60.8 Å². The summed E-state index contributed by atoms with van der Waals surface area (Å²) in [5.74, 6) is -0.245. The van der Waals surface area contributed by atoms with Crippen LogP contribution in [0.25, 0.3) is 0 Å². The van der Waals surface area contributed by atoms with Crippen molar-refractivity contribution in [2.45, 2.75) is 492 Å². The molecule has 2 aliphatic rings. The molecule has 2 saturated heterocycles. The molecule has 0 spiro atoms. The number of carbonyl (C=O) groups is 1. The van der Waals surface area contributed by atoms with Crippen molar-refractivity contribution in [1.29, 1.82) is 0 Å². The molecule has 2 heterocycles. The number of rotatable bonds is 77. The number of hydrogen-bond acceptors (Lipinski definition) is 13. The van der Waals surface area contributed by atoms with Gasteiger partial charge in [-0.25, -0.2) is 0 Å². The number of amides is 1. The minimum absolute atomic E-state index is 0.245. The third kappa shape index (κ3) is 56.5. The Balaban J connectivity index is 1.58. The molecular weight excluding hydrogens is 1310 g/mol. The summed E-state index contributed by atoms with van der Waals surface area (Å²) in [5, 5.41) is 87.8. The molecule has 0 aromatic rings. The summed E-state index contributed by atoms with van der Waals surface area (Å²) in [6, 6.07) is -0.941. The van der Waals surface area contributed by atoms with Crippen LogP contribution in [0.4, 0.5) is 0 Å². The summed E-state index contributed by atoms with van der Waals surface area (Å²) >= 11 is 0. The zero-order chi connectivity index (χ0) is 75.8. The van der Waals surface area contributed by atoms with Crippen LogP contribution in [-0.4, -0.2) is 140 Å². The molecule has 0 saturated carbocycles. The summed E-state index contributed by atoms with van der Waals surface area (Å²) < 4.78 is 22.9. The fraction of sp³-hybridized carbons (Fsp3) is 0.879. The first kappa shape index (κ1) is 98.8. The predicted molar refractivity (Wildman–Crippen MR) is 438 cm³/mol. The van der Waals surface area contributed by atoms with Gasteiger partial charge in [-0.1, -0.05) is 396 Å². The normalized spacial score (nSPS) is 21.6. The molecule has 0 aromatic carbocycles. The van der Waals surface area contributed by atoms with Crippen molar-refractivity contribution in [2.75, 3.05) is 19.8 Å². The Hall–Kier alpha value is -2.31. The molecule has 0 radical (unpaired) electrons. The molecule has 616 valence electrons. The van der Waals surface area contributed by atoms with Crippen molar-refractivity contribution in [1.82, 2.24) is 5.32 Å². The van der Waals surface area contributed by atoms with Gasteiger partial charge in [0.1, 0.15) is 48.8 Å². The summed E-state index contributed by atoms with van der Waals surface area (Å²) in [6.45, 7) is 2.83. The fourth-order valence-corrected chi connectivity index (χ4v) is 14.8. The molecule has 14 nitrogen and oxygen atoms in total. The maximum atomic E-state index is 13.4. The molecular formula is C91H169NO13. The lowest BCUT2D eigenvalue weighted by atomic mass is 9.97. The molecule has 0 aliphatic carbocycles. The highest BCUT2D eigenvalue weighted by Gasteiger charge is 2.51. The van der Waals surface area contributed by atoms with Gasteiger partial charge in [0.2, 0.25) is 5.91 Å². The van der Waals surface area contributed by atoms with E-state index in [-0.39, 0.29) is 18.9 Å². The van der Waals surface area contributed by atoms with Crippen LogP contribution in [-0.2, 0) is 23.7 Å². The minimum atomic E-state index is -1.80. The average molecular weight is 1490 g/mol. The second-order valence-electron chi connectivity index (χ2n) is 31.7. The number of hydrogen-bond donors (Lipinski definition) is 9. The minimum Gasteiger partial charge on any atom is -0.394 e. The Morgan fingerprint density at radius 1 is 0.343 bits per heavy atom. The van der Waals surface area contributed by atoms with Gasteiger partial charge in [-0.15, -0.1) is 0 Å². The molecule has 9 N–H and O–H groups in total. The van der Waals surface area contributed by atoms with Crippen LogP contribution in [0, 0.1) is 0 Å². The number of carbonyl (C=O) groups excluding carboxylic acids is 1. The molecule has 0 aromatic heterocycles. The summed E-state index contributed by atoms with van der Waals surface area (Å²) in [6.07, 6.45) is 86.4. The molecule has 105 heavy (non-hydrogen) atoms. The Kier molecular flexibility index (Phi) is 70.0. The standard InChI is InChI=1S/C91H169NO13/c1-3-5-7-9-11-13-15-17-19-21-23-25-27-29-31-33-35-37-38-39-40-41-42-43-45-47-49-51-53-55-57-59-61-63-65-67-69-71-73-75-83(96)92-79(78-102-90-88(101)86(99)89(82(77-94)104-90)105-91-87(100)85(98)84(97)81(76-93)103-91)80(95)74-72-70-68-66-64-62-60-58-56-54-52-50-48-46-44-36-34-32-30-28-26-24-22-20-18-16-14-12-10-8-6-4-2/h15,17,21,23,56,58,64,66,72,74,79-82,84-91,93-95,97-101H,3-14,16,18-20,22,24-55,57,59-63,65,67-71,73,75-78H2,1-2H3,(H,92,96)/b17-15-,23-21-,58-56+,66-64+,74-72+. The molecule has 2 fully saturated rings. The topological polar surface area (TPSA) is 228 Å². The Labute approximate surface area is 645 Å². The molecule has 14 heteroatoms. The van der Waals surface area contributed by atoms with E-state index in [4.69, 9.17) is 18.9 Å². The third-order valence-electron chi connectivity index (χ3n) is 21.9. The van der Waals surface area contributed by atoms with Gasteiger partial charge >= 0.3 is 0 Å². The van der Waals surface area contributed by atoms with Crippen LogP contribution >= 0.6 is 0 Å². The number of nitrogens with one attached hydrogen (secondary N) is 1. The maximum Gasteiger partial charge on any atom is 0.220 e. The lowest BCUT2D eigenvalue weighted by molar-refractivity contribution is -0.359. The van der Waals surface area contributed by atoms with E-state index in [0.717, 1.165) is 51.4 Å². The first-order valence-corrected chi connectivity index (χ1v) is 45.0. The Morgan fingerprint density at radius 2 is 0.638 bits per heavy atom. The smallest absolute Gasteiger partial charge is 0.220 e. The van der Waals surface area contributed by atoms with Crippen LogP contribution in [0.2, 0.25) is 0 Å². The van der Waals surface area contributed by atoms with Gasteiger partial charge < -0.3 is 65.1 Å². The quantitative estimate of drug-likeness (QED) is 0.0204. The van der Waals surface area contributed by atoms with Gasteiger partial charge in [-0.2, -0.15) is 0 Å². The number of ether oxygens (including phenoxy) is 4. The monoisotopic (exact) mass is 1480 g/mol. The fourth-order valence-electron chi connectivity index (χ4n) is 14.8. The molecule has 2 rings (SSSR count). The van der Waals surface area contributed by atoms with Crippen molar-refractivity contribution >= 4 is 5.91 Å². The van der Waals surface area contributed by atoms with E-state index in [1.165, 1.54) is 334 Å². The largest absolute Gasteiger partial charge is 0.394 e. The molecule has 0 bridgehead atoms. The van der Waals surface area contributed by atoms with Gasteiger partial charge in [0.15, 0.2) is 12.6 Å². The molecule has 1 amide bonds. The summed E-state index contributed by atoms with van der Waals surface area (Å²) in [4.78, 5) is 13.4. The molecule has 12 atom stereocenters. The van der Waals surface area contributed by atoms with Crippen molar-refractivity contribution < 1.29 is 64.6 Å². The first-order valence-electron chi connectivity index (χ1n) is 45.0. The van der Waals surface area contributed by atoms with E-state index in [9.17, 15) is 45.6 Å².